The third-order valence-corrected chi connectivity index (χ3v) is 17.0. The number of H-pyrrole nitrogens is 1. The monoisotopic (exact) mass is 838 g/mol. The van der Waals surface area contributed by atoms with Crippen LogP contribution in [0.15, 0.2) is 53.8 Å². The van der Waals surface area contributed by atoms with Crippen LogP contribution >= 0.6 is 0 Å². The number of carbonyl (C=O) groups is 3. The molecule has 2 aliphatic carbocycles. The molecule has 1 aromatic carbocycles. The maximum absolute atomic E-state index is 15.5. The second-order valence-corrected chi connectivity index (χ2v) is 19.4. The van der Waals surface area contributed by atoms with Crippen LogP contribution in [-0.4, -0.2) is 139 Å². The van der Waals surface area contributed by atoms with E-state index in [1.165, 1.54) is 26.7 Å². The molecule has 13 heteroatoms. The summed E-state index contributed by atoms with van der Waals surface area (Å²) in [4.78, 5) is 54.1. The second kappa shape index (κ2) is 13.7. The van der Waals surface area contributed by atoms with Crippen LogP contribution in [0.1, 0.15) is 76.6 Å². The lowest BCUT2D eigenvalue weighted by Gasteiger charge is -2.58. The normalized spacial score (nSPS) is 41.8. The first-order valence-corrected chi connectivity index (χ1v) is 22.5. The van der Waals surface area contributed by atoms with Gasteiger partial charge in [0, 0.05) is 86.9 Å². The second-order valence-electron chi connectivity index (χ2n) is 19.4. The largest absolute Gasteiger partial charge is 0.468 e. The molecule has 328 valence electrons. The number of methoxy groups -OCH3 is 3. The number of carbonyl (C=O) groups excluding carboxylic acids is 3. The number of rotatable bonds is 8. The molecule has 7 heterocycles. The lowest BCUT2D eigenvalue weighted by molar-refractivity contribution is -0.182. The summed E-state index contributed by atoms with van der Waals surface area (Å²) in [7, 11) is 6.52. The van der Waals surface area contributed by atoms with Gasteiger partial charge in [-0.2, -0.15) is 0 Å². The van der Waals surface area contributed by atoms with Crippen molar-refractivity contribution in [3.63, 3.8) is 0 Å². The average molecular weight is 839 g/mol. The fourth-order valence-electron chi connectivity index (χ4n) is 14.6. The predicted molar refractivity (Wildman–Crippen MR) is 226 cm³/mol. The summed E-state index contributed by atoms with van der Waals surface area (Å²) < 4.78 is 31.8. The molecule has 2 aromatic rings. The number of epoxide rings is 1. The van der Waals surface area contributed by atoms with Gasteiger partial charge in [0.1, 0.15) is 5.41 Å². The molecular weight excluding hydrogens is 777 g/mol. The van der Waals surface area contributed by atoms with Crippen molar-refractivity contribution in [2.24, 2.45) is 22.7 Å². The van der Waals surface area contributed by atoms with Crippen molar-refractivity contribution in [3.05, 3.63) is 70.6 Å². The number of nitrogens with zero attached hydrogens (tertiary/aromatic N) is 3. The summed E-state index contributed by atoms with van der Waals surface area (Å²) in [5.41, 5.74) is -0.702. The number of aromatic nitrogens is 1. The van der Waals surface area contributed by atoms with Gasteiger partial charge < -0.3 is 38.7 Å². The zero-order valence-electron chi connectivity index (χ0n) is 37.0. The number of aryl methyl sites for hydroxylation is 1. The number of fused-ring (bicyclic) bond motifs is 6. The van der Waals surface area contributed by atoms with Crippen molar-refractivity contribution in [2.75, 3.05) is 61.1 Å². The minimum Gasteiger partial charge on any atom is -0.468 e. The molecule has 12 atom stereocenters. The van der Waals surface area contributed by atoms with E-state index in [0.717, 1.165) is 59.5 Å². The van der Waals surface area contributed by atoms with E-state index >= 15 is 4.79 Å². The molecule has 1 saturated carbocycles. The molecule has 8 aliphatic rings. The third-order valence-electron chi connectivity index (χ3n) is 17.0. The van der Waals surface area contributed by atoms with Crippen LogP contribution in [0.4, 0.5) is 0 Å². The Morgan fingerprint density at radius 3 is 2.49 bits per heavy atom. The summed E-state index contributed by atoms with van der Waals surface area (Å²) >= 11 is 0. The summed E-state index contributed by atoms with van der Waals surface area (Å²) in [5.74, 6) is -2.04. The number of hydrogen-bond acceptors (Lipinski definition) is 12. The van der Waals surface area contributed by atoms with Crippen molar-refractivity contribution >= 4 is 28.8 Å². The van der Waals surface area contributed by atoms with E-state index in [9.17, 15) is 14.7 Å². The third kappa shape index (κ3) is 4.93. The van der Waals surface area contributed by atoms with E-state index in [1.54, 1.807) is 7.11 Å². The SMILES string of the molecule is CCc1ccc2[nH]c3c(c2c1)CCN1C[C@H](C[C@@](O)(CC)C1)C[C@]3(C(=O)OC)C1C=C2C(=CC1OC)N(C)[C@@]13O[C@]1(C(=O)OC)[C@H](OC(C)=O)[C@]1(CC)C=CCN4CC[C@]23[C@@H]41. The smallest absolute Gasteiger partial charge is 0.347 e. The van der Waals surface area contributed by atoms with Crippen molar-refractivity contribution in [3.8, 4) is 0 Å². The molecule has 2 N–H and O–H groups in total. The van der Waals surface area contributed by atoms with Gasteiger partial charge >= 0.3 is 17.9 Å². The summed E-state index contributed by atoms with van der Waals surface area (Å²) in [5, 5.41) is 13.2. The van der Waals surface area contributed by atoms with Crippen LogP contribution in [0.3, 0.4) is 0 Å². The van der Waals surface area contributed by atoms with Crippen molar-refractivity contribution in [1.29, 1.82) is 0 Å². The predicted octanol–water partition coefficient (Wildman–Crippen LogP) is 4.56. The summed E-state index contributed by atoms with van der Waals surface area (Å²) in [6.07, 6.45) is 11.5. The van der Waals surface area contributed by atoms with Crippen LogP contribution in [0.25, 0.3) is 10.9 Å². The van der Waals surface area contributed by atoms with E-state index in [4.69, 9.17) is 23.7 Å². The Morgan fingerprint density at radius 2 is 1.80 bits per heavy atom. The molecule has 2 bridgehead atoms. The number of nitrogens with one attached hydrogen (secondary N) is 1. The standard InChI is InChI=1S/C48H62N4O9/c1-9-29-13-14-35-32(21-29)31-15-19-51-26-30(24-43(56,10-2)27-51)25-45(38(31)49-35,41(54)58-7)34-22-33-36(23-37(34)57-6)50(5)48-46(33)17-20-52-18-12-16-44(11-3,39(46)52)40(60-28(4)53)47(48,61-48)42(55)59-8/h12-14,16,21-23,30,34,37,39-40,49,56H,9-11,15,17-20,24-27H2,1-8H3/t30-,34?,37?,39+,40-,43+,44-,45+,46-,47+,48+/m1/s1. The van der Waals surface area contributed by atoms with E-state index < -0.39 is 63.2 Å². The average Bonchev–Trinajstić information content (AvgIpc) is 3.51. The number of hydrogen-bond donors (Lipinski definition) is 2. The fraction of sp³-hybridized carbons (Fsp3) is 0.646. The number of esters is 3. The van der Waals surface area contributed by atoms with Crippen LogP contribution in [0.2, 0.25) is 0 Å². The van der Waals surface area contributed by atoms with Gasteiger partial charge in [-0.3, -0.25) is 19.4 Å². The molecule has 10 rings (SSSR count). The van der Waals surface area contributed by atoms with E-state index in [-0.39, 0.29) is 17.9 Å². The Kier molecular flexibility index (Phi) is 9.24. The molecule has 4 saturated heterocycles. The van der Waals surface area contributed by atoms with E-state index in [2.05, 4.69) is 76.0 Å². The minimum absolute atomic E-state index is 0.0468. The van der Waals surface area contributed by atoms with Gasteiger partial charge in [0.25, 0.3) is 5.60 Å². The summed E-state index contributed by atoms with van der Waals surface area (Å²) in [6, 6.07) is 6.33. The van der Waals surface area contributed by atoms with Gasteiger partial charge in [0.05, 0.1) is 31.3 Å². The van der Waals surface area contributed by atoms with Gasteiger partial charge in [0.15, 0.2) is 11.8 Å². The Balaban J connectivity index is 1.26. The van der Waals surface area contributed by atoms with Crippen molar-refractivity contribution in [2.45, 2.75) is 113 Å². The number of allylic oxidation sites excluding steroid dienone is 1. The Labute approximate surface area is 358 Å². The maximum Gasteiger partial charge on any atom is 0.347 e. The molecule has 6 aliphatic heterocycles. The fourth-order valence-corrected chi connectivity index (χ4v) is 14.6. The number of ether oxygens (including phenoxy) is 5. The number of likely N-dealkylation sites (N-methyl/N-ethyl adjacent to an activating group) is 1. The van der Waals surface area contributed by atoms with E-state index in [1.807, 2.05) is 14.0 Å². The Hall–Kier alpha value is -4.01. The van der Waals surface area contributed by atoms with Crippen molar-refractivity contribution < 1.29 is 43.2 Å². The van der Waals surface area contributed by atoms with Crippen LogP contribution < -0.4 is 0 Å². The highest BCUT2D eigenvalue weighted by molar-refractivity contribution is 5.92. The molecular formula is C48H62N4O9. The van der Waals surface area contributed by atoms with Crippen molar-refractivity contribution in [1.82, 2.24) is 19.7 Å². The highest BCUT2D eigenvalue weighted by Crippen LogP contribution is 2.82. The zero-order valence-corrected chi connectivity index (χ0v) is 37.0. The molecule has 1 aromatic heterocycles. The maximum atomic E-state index is 15.5. The van der Waals surface area contributed by atoms with Gasteiger partial charge in [-0.05, 0) is 92.3 Å². The first kappa shape index (κ1) is 41.0. The van der Waals surface area contributed by atoms with Gasteiger partial charge in [-0.25, -0.2) is 4.79 Å². The van der Waals surface area contributed by atoms with Gasteiger partial charge in [-0.15, -0.1) is 0 Å². The number of aromatic amines is 1. The number of piperidine rings is 1. The van der Waals surface area contributed by atoms with Crippen LogP contribution in [0.5, 0.6) is 0 Å². The highest BCUT2D eigenvalue weighted by Gasteiger charge is 2.99. The highest BCUT2D eigenvalue weighted by atomic mass is 16.7. The number of benzene rings is 1. The Bertz CT molecular complexity index is 2300. The minimum atomic E-state index is -1.64. The Morgan fingerprint density at radius 1 is 1.02 bits per heavy atom. The molecule has 61 heavy (non-hydrogen) atoms. The first-order valence-electron chi connectivity index (χ1n) is 22.5. The quantitative estimate of drug-likeness (QED) is 0.166. The number of aliphatic hydroxyl groups is 1. The first-order chi connectivity index (χ1) is 29.2. The number of likely N-dealkylation sites (tertiary alicyclic amines) is 1. The molecule has 3 unspecified atom stereocenters. The lowest BCUT2D eigenvalue weighted by Crippen LogP contribution is -2.73. The van der Waals surface area contributed by atoms with E-state index in [0.29, 0.717) is 51.6 Å². The summed E-state index contributed by atoms with van der Waals surface area (Å²) in [6.45, 7) is 11.2. The molecule has 2 spiro atoms. The molecule has 0 radical (unpaired) electrons. The molecule has 13 nitrogen and oxygen atoms in total. The topological polar surface area (TPSA) is 146 Å². The molecule has 5 fully saturated rings. The van der Waals surface area contributed by atoms with Gasteiger partial charge in [0.2, 0.25) is 0 Å². The van der Waals surface area contributed by atoms with Crippen LogP contribution in [0, 0.1) is 22.7 Å². The zero-order chi connectivity index (χ0) is 43.1. The van der Waals surface area contributed by atoms with Gasteiger partial charge in [-0.1, -0.05) is 45.1 Å². The van der Waals surface area contributed by atoms with Crippen LogP contribution in [-0.2, 0) is 56.3 Å². The lowest BCUT2D eigenvalue weighted by atomic mass is 9.48. The molecule has 0 amide bonds.